The number of alkyl halides is 3. The van der Waals surface area contributed by atoms with E-state index in [0.717, 1.165) is 25.2 Å². The lowest BCUT2D eigenvalue weighted by Crippen LogP contribution is -2.37. The van der Waals surface area contributed by atoms with Gasteiger partial charge in [-0.05, 0) is 24.3 Å². The van der Waals surface area contributed by atoms with Crippen molar-refractivity contribution >= 4 is 5.78 Å². The highest BCUT2D eigenvalue weighted by Crippen LogP contribution is 2.23. The summed E-state index contributed by atoms with van der Waals surface area (Å²) in [6, 6.07) is 5.00. The Morgan fingerprint density at radius 1 is 1.19 bits per heavy atom. The fourth-order valence-electron chi connectivity index (χ4n) is 2.07. The molecule has 1 heterocycles. The fraction of sp³-hybridized carbons (Fsp3) is 0.500. The van der Waals surface area contributed by atoms with E-state index >= 15 is 0 Å². The van der Waals surface area contributed by atoms with Crippen LogP contribution >= 0.6 is 0 Å². The zero-order chi connectivity index (χ0) is 15.3. The Labute approximate surface area is 120 Å². The summed E-state index contributed by atoms with van der Waals surface area (Å²) in [5.74, 6) is -0.424. The van der Waals surface area contributed by atoms with Gasteiger partial charge in [0.15, 0.2) is 5.78 Å². The Hall–Kier alpha value is -1.60. The smallest absolute Gasteiger partial charge is 0.406 e. The molecule has 7 heteroatoms. The first-order valence-corrected chi connectivity index (χ1v) is 6.63. The van der Waals surface area contributed by atoms with Crippen LogP contribution in [0.5, 0.6) is 5.75 Å². The average molecular weight is 303 g/mol. The third kappa shape index (κ3) is 5.35. The van der Waals surface area contributed by atoms with Crippen molar-refractivity contribution in [1.82, 2.24) is 4.90 Å². The zero-order valence-corrected chi connectivity index (χ0v) is 11.4. The summed E-state index contributed by atoms with van der Waals surface area (Å²) in [7, 11) is 0. The molecule has 0 saturated carbocycles. The van der Waals surface area contributed by atoms with E-state index in [0.29, 0.717) is 31.7 Å². The molecule has 0 atom stereocenters. The highest BCUT2D eigenvalue weighted by atomic mass is 19.4. The molecule has 1 saturated heterocycles. The van der Waals surface area contributed by atoms with Gasteiger partial charge in [-0.2, -0.15) is 0 Å². The Morgan fingerprint density at radius 2 is 1.81 bits per heavy atom. The standard InChI is InChI=1S/C14H16F3NO3/c15-14(16,17)21-12-3-1-11(2-4-12)13(19)5-6-18-7-9-20-10-8-18/h1-4H,5-10H2. The van der Waals surface area contributed by atoms with Crippen LogP contribution in [0.15, 0.2) is 24.3 Å². The summed E-state index contributed by atoms with van der Waals surface area (Å²) in [6.45, 7) is 3.55. The van der Waals surface area contributed by atoms with E-state index in [1.807, 2.05) is 0 Å². The van der Waals surface area contributed by atoms with Crippen LogP contribution in [0.4, 0.5) is 13.2 Å². The van der Waals surface area contributed by atoms with Crippen LogP contribution in [0.1, 0.15) is 16.8 Å². The quantitative estimate of drug-likeness (QED) is 0.783. The van der Waals surface area contributed by atoms with Crippen LogP contribution in [0.2, 0.25) is 0 Å². The molecule has 0 spiro atoms. The maximum absolute atomic E-state index is 12.0. The number of nitrogens with zero attached hydrogens (tertiary/aromatic N) is 1. The van der Waals surface area contributed by atoms with E-state index in [1.165, 1.54) is 12.1 Å². The van der Waals surface area contributed by atoms with Crippen LogP contribution in [-0.2, 0) is 4.74 Å². The molecule has 1 aliphatic rings. The molecule has 0 unspecified atom stereocenters. The average Bonchev–Trinajstić information content (AvgIpc) is 2.45. The predicted octanol–water partition coefficient (Wildman–Crippen LogP) is 2.49. The molecule has 0 aromatic heterocycles. The molecule has 2 rings (SSSR count). The number of benzene rings is 1. The lowest BCUT2D eigenvalue weighted by molar-refractivity contribution is -0.274. The van der Waals surface area contributed by atoms with Crippen LogP contribution in [0.3, 0.4) is 0 Å². The number of Topliss-reactive ketones (excluding diaryl/α,β-unsaturated/α-hetero) is 1. The molecular weight excluding hydrogens is 287 g/mol. The minimum Gasteiger partial charge on any atom is -0.406 e. The molecule has 21 heavy (non-hydrogen) atoms. The van der Waals surface area contributed by atoms with Gasteiger partial charge in [0, 0.05) is 31.6 Å². The Morgan fingerprint density at radius 3 is 2.38 bits per heavy atom. The maximum Gasteiger partial charge on any atom is 0.573 e. The predicted molar refractivity (Wildman–Crippen MR) is 69.3 cm³/mol. The first-order valence-electron chi connectivity index (χ1n) is 6.63. The molecule has 0 aliphatic carbocycles. The highest BCUT2D eigenvalue weighted by Gasteiger charge is 2.31. The number of hydrogen-bond donors (Lipinski definition) is 0. The lowest BCUT2D eigenvalue weighted by atomic mass is 10.1. The van der Waals surface area contributed by atoms with E-state index in [1.54, 1.807) is 0 Å². The molecule has 1 fully saturated rings. The summed E-state index contributed by atoms with van der Waals surface area (Å²) >= 11 is 0. The van der Waals surface area contributed by atoms with Crippen LogP contribution in [0, 0.1) is 0 Å². The van der Waals surface area contributed by atoms with E-state index in [9.17, 15) is 18.0 Å². The lowest BCUT2D eigenvalue weighted by Gasteiger charge is -2.26. The summed E-state index contributed by atoms with van der Waals surface area (Å²) < 4.78 is 45.0. The topological polar surface area (TPSA) is 38.8 Å². The molecule has 0 N–H and O–H groups in total. The van der Waals surface area contributed by atoms with Gasteiger partial charge in [-0.15, -0.1) is 13.2 Å². The van der Waals surface area contributed by atoms with Crippen molar-refractivity contribution in [3.63, 3.8) is 0 Å². The summed E-state index contributed by atoms with van der Waals surface area (Å²) in [4.78, 5) is 14.1. The number of morpholine rings is 1. The van der Waals surface area contributed by atoms with Crippen molar-refractivity contribution in [3.05, 3.63) is 29.8 Å². The maximum atomic E-state index is 12.0. The summed E-state index contributed by atoms with van der Waals surface area (Å²) in [6.07, 6.45) is -4.39. The van der Waals surface area contributed by atoms with Gasteiger partial charge in [-0.3, -0.25) is 9.69 Å². The van der Waals surface area contributed by atoms with Crippen molar-refractivity contribution in [2.75, 3.05) is 32.8 Å². The van der Waals surface area contributed by atoms with Gasteiger partial charge in [0.05, 0.1) is 13.2 Å². The molecule has 4 nitrogen and oxygen atoms in total. The van der Waals surface area contributed by atoms with Crippen LogP contribution < -0.4 is 4.74 Å². The monoisotopic (exact) mass is 303 g/mol. The van der Waals surface area contributed by atoms with E-state index in [4.69, 9.17) is 4.74 Å². The highest BCUT2D eigenvalue weighted by molar-refractivity contribution is 5.96. The fourth-order valence-corrected chi connectivity index (χ4v) is 2.07. The van der Waals surface area contributed by atoms with E-state index in [-0.39, 0.29) is 11.5 Å². The molecule has 0 amide bonds. The number of rotatable bonds is 5. The van der Waals surface area contributed by atoms with Crippen LogP contribution in [0.25, 0.3) is 0 Å². The Kier molecular flexibility index (Phi) is 5.19. The second kappa shape index (κ2) is 6.91. The van der Waals surface area contributed by atoms with Crippen molar-refractivity contribution < 1.29 is 27.4 Å². The number of carbonyl (C=O) groups is 1. The molecule has 1 aromatic rings. The van der Waals surface area contributed by atoms with Gasteiger partial charge in [0.25, 0.3) is 0 Å². The second-order valence-electron chi connectivity index (χ2n) is 4.70. The normalized spacial score (nSPS) is 16.7. The van der Waals surface area contributed by atoms with E-state index in [2.05, 4.69) is 9.64 Å². The molecule has 0 radical (unpaired) electrons. The number of ether oxygens (including phenoxy) is 2. The molecule has 116 valence electrons. The van der Waals surface area contributed by atoms with Crippen molar-refractivity contribution in [2.24, 2.45) is 0 Å². The molecule has 1 aliphatic heterocycles. The SMILES string of the molecule is O=C(CCN1CCOCC1)c1ccc(OC(F)(F)F)cc1. The van der Waals surface area contributed by atoms with Gasteiger partial charge >= 0.3 is 6.36 Å². The van der Waals surface area contributed by atoms with Crippen molar-refractivity contribution in [1.29, 1.82) is 0 Å². The van der Waals surface area contributed by atoms with Crippen molar-refractivity contribution in [2.45, 2.75) is 12.8 Å². The molecule has 0 bridgehead atoms. The number of ketones is 1. The summed E-state index contributed by atoms with van der Waals surface area (Å²) in [5.41, 5.74) is 0.387. The third-order valence-corrected chi connectivity index (χ3v) is 3.17. The zero-order valence-electron chi connectivity index (χ0n) is 11.4. The van der Waals surface area contributed by atoms with Crippen molar-refractivity contribution in [3.8, 4) is 5.75 Å². The van der Waals surface area contributed by atoms with Gasteiger partial charge in [0.2, 0.25) is 0 Å². The molecular formula is C14H16F3NO3. The largest absolute Gasteiger partial charge is 0.573 e. The first-order chi connectivity index (χ1) is 9.94. The van der Waals surface area contributed by atoms with Gasteiger partial charge in [-0.25, -0.2) is 0 Å². The number of carbonyl (C=O) groups excluding carboxylic acids is 1. The van der Waals surface area contributed by atoms with Gasteiger partial charge in [-0.1, -0.05) is 0 Å². The van der Waals surface area contributed by atoms with E-state index < -0.39 is 6.36 Å². The minimum absolute atomic E-state index is 0.0972. The Balaban J connectivity index is 1.84. The molecule has 1 aromatic carbocycles. The number of halogens is 3. The minimum atomic E-state index is -4.72. The summed E-state index contributed by atoms with van der Waals surface area (Å²) in [5, 5.41) is 0. The van der Waals surface area contributed by atoms with Gasteiger partial charge < -0.3 is 9.47 Å². The van der Waals surface area contributed by atoms with Crippen LogP contribution in [-0.4, -0.2) is 49.9 Å². The third-order valence-electron chi connectivity index (χ3n) is 3.17. The van der Waals surface area contributed by atoms with Gasteiger partial charge in [0.1, 0.15) is 5.75 Å². The second-order valence-corrected chi connectivity index (χ2v) is 4.70. The first kappa shape index (κ1) is 15.8. The Bertz CT molecular complexity index is 467. The number of hydrogen-bond acceptors (Lipinski definition) is 4.